The molecule has 5 heteroatoms. The minimum atomic E-state index is -0.262. The molecular formula is C18H18FNOS2. The molecule has 3 rings (SSSR count). The van der Waals surface area contributed by atoms with E-state index in [-0.39, 0.29) is 11.7 Å². The number of aryl methyl sites for hydroxylation is 1. The lowest BCUT2D eigenvalue weighted by Gasteiger charge is -2.11. The molecule has 2 aromatic carbocycles. The van der Waals surface area contributed by atoms with Gasteiger partial charge in [-0.1, -0.05) is 24.3 Å². The Morgan fingerprint density at radius 2 is 1.91 bits per heavy atom. The molecule has 2 nitrogen and oxygen atoms in total. The summed E-state index contributed by atoms with van der Waals surface area (Å²) in [5.74, 6) is 2.05. The summed E-state index contributed by atoms with van der Waals surface area (Å²) in [6.07, 6.45) is 0.887. The summed E-state index contributed by atoms with van der Waals surface area (Å²) < 4.78 is 13.6. The first-order valence-corrected chi connectivity index (χ1v) is 9.68. The zero-order chi connectivity index (χ0) is 16.1. The number of thioether (sulfide) groups is 2. The predicted molar refractivity (Wildman–Crippen MR) is 97.4 cm³/mol. The quantitative estimate of drug-likeness (QED) is 0.836. The van der Waals surface area contributed by atoms with E-state index in [2.05, 4.69) is 17.4 Å². The molecule has 0 atom stereocenters. The molecule has 1 N–H and O–H groups in total. The molecule has 0 saturated carbocycles. The van der Waals surface area contributed by atoms with Crippen LogP contribution in [0.2, 0.25) is 0 Å². The first-order valence-electron chi connectivity index (χ1n) is 7.58. The first kappa shape index (κ1) is 16.4. The van der Waals surface area contributed by atoms with Gasteiger partial charge < -0.3 is 5.32 Å². The van der Waals surface area contributed by atoms with E-state index in [9.17, 15) is 9.18 Å². The van der Waals surface area contributed by atoms with Gasteiger partial charge in [-0.3, -0.25) is 4.79 Å². The maximum atomic E-state index is 13.1. The van der Waals surface area contributed by atoms with Crippen molar-refractivity contribution in [3.63, 3.8) is 0 Å². The highest BCUT2D eigenvalue weighted by Crippen LogP contribution is 2.45. The van der Waals surface area contributed by atoms with Gasteiger partial charge in [-0.05, 0) is 41.8 Å². The molecular weight excluding hydrogens is 329 g/mol. The van der Waals surface area contributed by atoms with Crippen molar-refractivity contribution in [1.82, 2.24) is 0 Å². The van der Waals surface area contributed by atoms with Crippen LogP contribution in [0.3, 0.4) is 0 Å². The third-order valence-electron chi connectivity index (χ3n) is 3.59. The van der Waals surface area contributed by atoms with Crippen LogP contribution in [-0.2, 0) is 11.2 Å². The predicted octanol–water partition coefficient (Wildman–Crippen LogP) is 4.88. The Labute approximate surface area is 144 Å². The van der Waals surface area contributed by atoms with E-state index in [4.69, 9.17) is 0 Å². The van der Waals surface area contributed by atoms with Crippen molar-refractivity contribution in [2.45, 2.75) is 17.4 Å². The average molecular weight is 347 g/mol. The summed E-state index contributed by atoms with van der Waals surface area (Å²) in [6.45, 7) is 0. The maximum Gasteiger partial charge on any atom is 0.224 e. The van der Waals surface area contributed by atoms with Crippen molar-refractivity contribution in [3.05, 3.63) is 65.5 Å². The fourth-order valence-corrected chi connectivity index (χ4v) is 5.33. The lowest BCUT2D eigenvalue weighted by Crippen LogP contribution is -2.12. The highest BCUT2D eigenvalue weighted by Gasteiger charge is 2.18. The number of carbonyl (C=O) groups is 1. The second-order valence-electron chi connectivity index (χ2n) is 5.38. The SMILES string of the molecule is O=C(CCc1cccc(F)c1)Nc1cccc(C2SCCS2)c1. The monoisotopic (exact) mass is 347 g/mol. The number of rotatable bonds is 5. The number of hydrogen-bond acceptors (Lipinski definition) is 3. The Balaban J connectivity index is 1.56. The summed E-state index contributed by atoms with van der Waals surface area (Å²) in [5, 5.41) is 2.94. The molecule has 2 aromatic rings. The van der Waals surface area contributed by atoms with Crippen LogP contribution < -0.4 is 5.32 Å². The van der Waals surface area contributed by atoms with Crippen molar-refractivity contribution < 1.29 is 9.18 Å². The van der Waals surface area contributed by atoms with Crippen LogP contribution in [0, 0.1) is 5.82 Å². The molecule has 0 aliphatic carbocycles. The van der Waals surface area contributed by atoms with Gasteiger partial charge in [0, 0.05) is 23.6 Å². The van der Waals surface area contributed by atoms with Crippen LogP contribution in [-0.4, -0.2) is 17.4 Å². The van der Waals surface area contributed by atoms with Gasteiger partial charge in [-0.15, -0.1) is 23.5 Å². The van der Waals surface area contributed by atoms with Crippen molar-refractivity contribution in [2.75, 3.05) is 16.8 Å². The van der Waals surface area contributed by atoms with E-state index in [1.165, 1.54) is 29.2 Å². The fourth-order valence-electron chi connectivity index (χ4n) is 2.49. The molecule has 1 amide bonds. The average Bonchev–Trinajstić information content (AvgIpc) is 3.08. The lowest BCUT2D eigenvalue weighted by molar-refractivity contribution is -0.116. The largest absolute Gasteiger partial charge is 0.326 e. The topological polar surface area (TPSA) is 29.1 Å². The number of amides is 1. The fraction of sp³-hybridized carbons (Fsp3) is 0.278. The van der Waals surface area contributed by atoms with Crippen molar-refractivity contribution in [1.29, 1.82) is 0 Å². The van der Waals surface area contributed by atoms with Crippen molar-refractivity contribution in [3.8, 4) is 0 Å². The summed E-state index contributed by atoms with van der Waals surface area (Å²) in [6, 6.07) is 14.4. The Morgan fingerprint density at radius 1 is 1.13 bits per heavy atom. The normalized spacial score (nSPS) is 14.8. The molecule has 1 saturated heterocycles. The molecule has 1 aliphatic heterocycles. The van der Waals surface area contributed by atoms with Crippen LogP contribution in [0.5, 0.6) is 0 Å². The minimum absolute atomic E-state index is 0.0434. The highest BCUT2D eigenvalue weighted by atomic mass is 32.2. The Hall–Kier alpha value is -1.46. The highest BCUT2D eigenvalue weighted by molar-refractivity contribution is 8.19. The second kappa shape index (κ2) is 7.88. The van der Waals surface area contributed by atoms with Gasteiger partial charge in [0.1, 0.15) is 5.82 Å². The molecule has 1 heterocycles. The van der Waals surface area contributed by atoms with Crippen LogP contribution in [0.4, 0.5) is 10.1 Å². The number of hydrogen-bond donors (Lipinski definition) is 1. The van der Waals surface area contributed by atoms with E-state index in [1.54, 1.807) is 6.07 Å². The molecule has 0 unspecified atom stereocenters. The van der Waals surface area contributed by atoms with Gasteiger partial charge in [0.2, 0.25) is 5.91 Å². The first-order chi connectivity index (χ1) is 11.2. The van der Waals surface area contributed by atoms with E-state index in [0.29, 0.717) is 17.4 Å². The third kappa shape index (κ3) is 4.75. The molecule has 0 bridgehead atoms. The van der Waals surface area contributed by atoms with Crippen molar-refractivity contribution in [2.24, 2.45) is 0 Å². The maximum absolute atomic E-state index is 13.1. The van der Waals surface area contributed by atoms with E-state index in [0.717, 1.165) is 11.3 Å². The van der Waals surface area contributed by atoms with Gasteiger partial charge in [0.15, 0.2) is 0 Å². The van der Waals surface area contributed by atoms with Gasteiger partial charge in [0.05, 0.1) is 4.58 Å². The standard InChI is InChI=1S/C18H18FNOS2/c19-15-5-1-3-13(11-15)7-8-17(21)20-16-6-2-4-14(12-16)18-22-9-10-23-18/h1-6,11-12,18H,7-10H2,(H,20,21). The summed E-state index contributed by atoms with van der Waals surface area (Å²) >= 11 is 3.89. The molecule has 23 heavy (non-hydrogen) atoms. The molecule has 0 radical (unpaired) electrons. The zero-order valence-corrected chi connectivity index (χ0v) is 14.3. The third-order valence-corrected chi connectivity index (χ3v) is 6.70. The summed E-state index contributed by atoms with van der Waals surface area (Å²) in [7, 11) is 0. The van der Waals surface area contributed by atoms with Crippen LogP contribution in [0.15, 0.2) is 48.5 Å². The molecule has 120 valence electrons. The number of anilines is 1. The van der Waals surface area contributed by atoms with Gasteiger partial charge in [-0.2, -0.15) is 0 Å². The number of halogens is 1. The van der Waals surface area contributed by atoms with Crippen LogP contribution in [0.25, 0.3) is 0 Å². The Bertz CT molecular complexity index is 686. The molecule has 1 fully saturated rings. The summed E-state index contributed by atoms with van der Waals surface area (Å²) in [4.78, 5) is 12.1. The van der Waals surface area contributed by atoms with E-state index >= 15 is 0 Å². The van der Waals surface area contributed by atoms with Crippen LogP contribution in [0.1, 0.15) is 22.1 Å². The van der Waals surface area contributed by atoms with Crippen molar-refractivity contribution >= 4 is 35.1 Å². The molecule has 1 aliphatic rings. The van der Waals surface area contributed by atoms with E-state index < -0.39 is 0 Å². The number of nitrogens with one attached hydrogen (secondary N) is 1. The van der Waals surface area contributed by atoms with Crippen LogP contribution >= 0.6 is 23.5 Å². The summed E-state index contributed by atoms with van der Waals surface area (Å²) in [5.41, 5.74) is 2.92. The minimum Gasteiger partial charge on any atom is -0.326 e. The van der Waals surface area contributed by atoms with Gasteiger partial charge in [0.25, 0.3) is 0 Å². The Kier molecular flexibility index (Phi) is 5.62. The van der Waals surface area contributed by atoms with Gasteiger partial charge in [-0.25, -0.2) is 4.39 Å². The second-order valence-corrected chi connectivity index (χ2v) is 8.10. The number of carbonyl (C=O) groups excluding carboxylic acids is 1. The molecule has 0 aromatic heterocycles. The zero-order valence-electron chi connectivity index (χ0n) is 12.6. The Morgan fingerprint density at radius 3 is 2.70 bits per heavy atom. The van der Waals surface area contributed by atoms with Gasteiger partial charge >= 0.3 is 0 Å². The smallest absolute Gasteiger partial charge is 0.224 e. The van der Waals surface area contributed by atoms with E-state index in [1.807, 2.05) is 41.7 Å². The molecule has 0 spiro atoms. The lowest BCUT2D eigenvalue weighted by atomic mass is 10.1. The number of benzene rings is 2.